The summed E-state index contributed by atoms with van der Waals surface area (Å²) in [6.45, 7) is 12.6. The van der Waals surface area contributed by atoms with Gasteiger partial charge in [0.25, 0.3) is 0 Å². The lowest BCUT2D eigenvalue weighted by Gasteiger charge is -2.59. The number of nitrogens with zero attached hydrogens (tertiary/aromatic N) is 7. The van der Waals surface area contributed by atoms with Crippen LogP contribution >= 0.6 is 0 Å². The monoisotopic (exact) mass is 503 g/mol. The smallest absolute Gasteiger partial charge is 0.159 e. The number of morpholine rings is 1. The second-order valence-corrected chi connectivity index (χ2v) is 12.5. The van der Waals surface area contributed by atoms with Gasteiger partial charge in [0, 0.05) is 68.2 Å². The predicted molar refractivity (Wildman–Crippen MR) is 145 cm³/mol. The van der Waals surface area contributed by atoms with E-state index in [-0.39, 0.29) is 0 Å². The number of rotatable bonds is 4. The molecule has 8 rings (SSSR count). The molecule has 3 aliphatic carbocycles. The molecule has 3 saturated carbocycles. The highest BCUT2D eigenvalue weighted by molar-refractivity contribution is 5.89. The Labute approximate surface area is 220 Å². The Morgan fingerprint density at radius 3 is 2.62 bits per heavy atom. The third-order valence-electron chi connectivity index (χ3n) is 10.3. The van der Waals surface area contributed by atoms with Gasteiger partial charge in [-0.2, -0.15) is 10.2 Å². The number of aryl methyl sites for hydroxylation is 3. The first-order valence-corrected chi connectivity index (χ1v) is 14.3. The zero-order valence-electron chi connectivity index (χ0n) is 23.0. The Hall–Kier alpha value is -2.45. The second-order valence-electron chi connectivity index (χ2n) is 12.5. The summed E-state index contributed by atoms with van der Waals surface area (Å²) in [7, 11) is 1.97. The van der Waals surface area contributed by atoms with Gasteiger partial charge in [-0.15, -0.1) is 0 Å². The first kappa shape index (κ1) is 23.7. The molecule has 37 heavy (non-hydrogen) atoms. The van der Waals surface area contributed by atoms with Gasteiger partial charge in [-0.25, -0.2) is 4.98 Å². The summed E-state index contributed by atoms with van der Waals surface area (Å²) >= 11 is 0. The first-order valence-electron chi connectivity index (χ1n) is 14.3. The molecule has 3 aromatic rings. The lowest BCUT2D eigenvalue weighted by molar-refractivity contribution is -0.119. The van der Waals surface area contributed by atoms with E-state index in [1.54, 1.807) is 0 Å². The lowest BCUT2D eigenvalue weighted by Crippen LogP contribution is -2.62. The third-order valence-corrected chi connectivity index (χ3v) is 10.3. The maximum atomic E-state index is 5.76. The Bertz CT molecular complexity index is 1320. The molecule has 0 spiro atoms. The van der Waals surface area contributed by atoms with Gasteiger partial charge in [0.15, 0.2) is 5.65 Å². The maximum Gasteiger partial charge on any atom is 0.159 e. The van der Waals surface area contributed by atoms with Crippen molar-refractivity contribution in [1.82, 2.24) is 29.4 Å². The molecule has 4 fully saturated rings. The van der Waals surface area contributed by atoms with Gasteiger partial charge in [-0.3, -0.25) is 14.3 Å². The second kappa shape index (κ2) is 8.53. The van der Waals surface area contributed by atoms with E-state index in [1.165, 1.54) is 61.2 Å². The van der Waals surface area contributed by atoms with Crippen LogP contribution in [0.15, 0.2) is 12.3 Å². The van der Waals surface area contributed by atoms with E-state index in [4.69, 9.17) is 14.8 Å². The van der Waals surface area contributed by atoms with Crippen LogP contribution in [0.2, 0.25) is 0 Å². The van der Waals surface area contributed by atoms with E-state index in [2.05, 4.69) is 46.4 Å². The number of ether oxygens (including phenoxy) is 1. The molecular weight excluding hydrogens is 462 g/mol. The number of aromatic nitrogens is 5. The Balaban J connectivity index is 1.11. The molecule has 8 heteroatoms. The van der Waals surface area contributed by atoms with E-state index >= 15 is 0 Å². The summed E-state index contributed by atoms with van der Waals surface area (Å²) in [5, 5.41) is 10.8. The van der Waals surface area contributed by atoms with Crippen molar-refractivity contribution in [2.75, 3.05) is 31.2 Å². The molecule has 8 nitrogen and oxygen atoms in total. The Kier molecular flexibility index (Phi) is 5.45. The highest BCUT2D eigenvalue weighted by Gasteiger charge is 2.52. The summed E-state index contributed by atoms with van der Waals surface area (Å²) in [4.78, 5) is 10.1. The molecule has 0 radical (unpaired) electrons. The molecule has 2 aliphatic heterocycles. The molecule has 0 aromatic carbocycles. The fourth-order valence-electron chi connectivity index (χ4n) is 8.14. The number of anilines is 1. The number of fused-ring (bicyclic) bond motifs is 5. The van der Waals surface area contributed by atoms with Crippen LogP contribution in [0.25, 0.3) is 11.0 Å². The average molecular weight is 504 g/mol. The van der Waals surface area contributed by atoms with Crippen molar-refractivity contribution in [3.63, 3.8) is 0 Å². The SMILES string of the molecule is Cc1cc(N2CCc3c(c(C)nn3CC34CCC(N5CCOCC5C)(CC3)CC4)C2)c2cnn(C)c2n1. The van der Waals surface area contributed by atoms with Crippen molar-refractivity contribution in [2.24, 2.45) is 12.5 Å². The number of pyridine rings is 1. The van der Waals surface area contributed by atoms with Crippen LogP contribution < -0.4 is 4.90 Å². The van der Waals surface area contributed by atoms with E-state index in [0.717, 1.165) is 62.5 Å². The lowest BCUT2D eigenvalue weighted by atomic mass is 9.56. The van der Waals surface area contributed by atoms with Crippen molar-refractivity contribution < 1.29 is 4.74 Å². The van der Waals surface area contributed by atoms with Crippen LogP contribution in [0.1, 0.15) is 68.1 Å². The standard InChI is InChI=1S/C29H41N7O/c1-20-15-26(23-16-30-33(4)27(23)31-20)34-12-5-25-24(17-34)22(3)32-36(25)19-28-6-9-29(10-7-28,11-8-28)35-13-14-37-18-21(35)2/h15-16,21H,5-14,17-19H2,1-4H3. The summed E-state index contributed by atoms with van der Waals surface area (Å²) in [5.74, 6) is 0. The maximum absolute atomic E-state index is 5.76. The molecule has 0 amide bonds. The van der Waals surface area contributed by atoms with Crippen LogP contribution in [0.3, 0.4) is 0 Å². The van der Waals surface area contributed by atoms with Gasteiger partial charge in [0.2, 0.25) is 0 Å². The van der Waals surface area contributed by atoms with Gasteiger partial charge in [0.05, 0.1) is 36.2 Å². The molecule has 5 aliphatic rings. The molecule has 198 valence electrons. The number of hydrogen-bond donors (Lipinski definition) is 0. The van der Waals surface area contributed by atoms with Gasteiger partial charge in [-0.1, -0.05) is 0 Å². The largest absolute Gasteiger partial charge is 0.379 e. The molecule has 1 atom stereocenters. The number of hydrogen-bond acceptors (Lipinski definition) is 6. The molecule has 3 aromatic heterocycles. The molecular formula is C29H41N7O. The van der Waals surface area contributed by atoms with E-state index < -0.39 is 0 Å². The fourth-order valence-corrected chi connectivity index (χ4v) is 8.14. The minimum absolute atomic E-state index is 0.421. The average Bonchev–Trinajstić information content (AvgIpc) is 3.43. The van der Waals surface area contributed by atoms with Crippen molar-refractivity contribution in [3.8, 4) is 0 Å². The van der Waals surface area contributed by atoms with Crippen LogP contribution in [-0.2, 0) is 31.3 Å². The predicted octanol–water partition coefficient (Wildman–Crippen LogP) is 4.16. The summed E-state index contributed by atoms with van der Waals surface area (Å²) in [6.07, 6.45) is 11.1. The molecule has 2 bridgehead atoms. The van der Waals surface area contributed by atoms with Crippen molar-refractivity contribution >= 4 is 16.7 Å². The van der Waals surface area contributed by atoms with E-state index in [9.17, 15) is 0 Å². The summed E-state index contributed by atoms with van der Waals surface area (Å²) < 4.78 is 10.1. The van der Waals surface area contributed by atoms with Crippen LogP contribution in [-0.4, -0.2) is 67.3 Å². The van der Waals surface area contributed by atoms with Crippen molar-refractivity contribution in [1.29, 1.82) is 0 Å². The van der Waals surface area contributed by atoms with Gasteiger partial charge in [-0.05, 0) is 70.8 Å². The van der Waals surface area contributed by atoms with E-state index in [1.807, 2.05) is 17.9 Å². The minimum atomic E-state index is 0.421. The van der Waals surface area contributed by atoms with Crippen LogP contribution in [0, 0.1) is 19.3 Å². The summed E-state index contributed by atoms with van der Waals surface area (Å²) in [6, 6.07) is 2.78. The third kappa shape index (κ3) is 3.74. The van der Waals surface area contributed by atoms with Gasteiger partial charge >= 0.3 is 0 Å². The molecule has 1 unspecified atom stereocenters. The fraction of sp³-hybridized carbons (Fsp3) is 0.690. The quantitative estimate of drug-likeness (QED) is 0.533. The molecule has 0 N–H and O–H groups in total. The Morgan fingerprint density at radius 2 is 1.86 bits per heavy atom. The van der Waals surface area contributed by atoms with Crippen molar-refractivity contribution in [2.45, 2.75) is 90.4 Å². The van der Waals surface area contributed by atoms with Gasteiger partial charge < -0.3 is 9.64 Å². The highest BCUT2D eigenvalue weighted by atomic mass is 16.5. The van der Waals surface area contributed by atoms with Crippen LogP contribution in [0.4, 0.5) is 5.69 Å². The highest BCUT2D eigenvalue weighted by Crippen LogP contribution is 2.56. The molecule has 5 heterocycles. The summed E-state index contributed by atoms with van der Waals surface area (Å²) in [5.41, 5.74) is 8.20. The van der Waals surface area contributed by atoms with Gasteiger partial charge in [0.1, 0.15) is 0 Å². The van der Waals surface area contributed by atoms with E-state index in [0.29, 0.717) is 17.0 Å². The minimum Gasteiger partial charge on any atom is -0.379 e. The Morgan fingerprint density at radius 1 is 1.08 bits per heavy atom. The van der Waals surface area contributed by atoms with Crippen LogP contribution in [0.5, 0.6) is 0 Å². The molecule has 1 saturated heterocycles. The first-order chi connectivity index (χ1) is 17.9. The normalized spacial score (nSPS) is 30.3. The zero-order valence-corrected chi connectivity index (χ0v) is 23.0. The van der Waals surface area contributed by atoms with Crippen molar-refractivity contribution in [3.05, 3.63) is 34.9 Å². The zero-order chi connectivity index (χ0) is 25.4. The topological polar surface area (TPSA) is 64.2 Å².